The van der Waals surface area contributed by atoms with E-state index >= 15 is 0 Å². The number of hydrogen-bond donors (Lipinski definition) is 0. The highest BCUT2D eigenvalue weighted by Gasteiger charge is 2.23. The number of piperazine rings is 1. The zero-order valence-corrected chi connectivity index (χ0v) is 14.4. The van der Waals surface area contributed by atoms with Gasteiger partial charge in [0.2, 0.25) is 0 Å². The first-order valence-corrected chi connectivity index (χ1v) is 8.36. The van der Waals surface area contributed by atoms with Gasteiger partial charge in [0.1, 0.15) is 0 Å². The monoisotopic (exact) mass is 348 g/mol. The van der Waals surface area contributed by atoms with Crippen molar-refractivity contribution >= 4 is 34.8 Å². The molecule has 2 aromatic rings. The molecule has 3 rings (SSSR count). The van der Waals surface area contributed by atoms with Crippen LogP contribution < -0.4 is 4.90 Å². The van der Waals surface area contributed by atoms with Gasteiger partial charge in [0.15, 0.2) is 0 Å². The van der Waals surface area contributed by atoms with Crippen molar-refractivity contribution in [2.45, 2.75) is 6.92 Å². The van der Waals surface area contributed by atoms with Crippen LogP contribution in [0.4, 0.5) is 5.69 Å². The summed E-state index contributed by atoms with van der Waals surface area (Å²) in [4.78, 5) is 16.7. The SMILES string of the molecule is Cc1ccc(Cl)cc1N1CCN(C(=O)c2cccc(Cl)c2)CC1. The van der Waals surface area contributed by atoms with Gasteiger partial charge >= 0.3 is 0 Å². The Labute approximate surface area is 146 Å². The summed E-state index contributed by atoms with van der Waals surface area (Å²) in [5, 5.41) is 1.33. The largest absolute Gasteiger partial charge is 0.368 e. The van der Waals surface area contributed by atoms with E-state index in [9.17, 15) is 4.79 Å². The van der Waals surface area contributed by atoms with Crippen molar-refractivity contribution in [3.63, 3.8) is 0 Å². The summed E-state index contributed by atoms with van der Waals surface area (Å²) in [6.07, 6.45) is 0. The second kappa shape index (κ2) is 6.81. The van der Waals surface area contributed by atoms with E-state index in [1.807, 2.05) is 29.2 Å². The molecule has 0 atom stereocenters. The highest BCUT2D eigenvalue weighted by molar-refractivity contribution is 6.31. The van der Waals surface area contributed by atoms with Crippen molar-refractivity contribution in [1.29, 1.82) is 0 Å². The third-order valence-electron chi connectivity index (χ3n) is 4.15. The molecular weight excluding hydrogens is 331 g/mol. The molecule has 1 fully saturated rings. The van der Waals surface area contributed by atoms with Gasteiger partial charge in [0.25, 0.3) is 5.91 Å². The highest BCUT2D eigenvalue weighted by Crippen LogP contribution is 2.25. The van der Waals surface area contributed by atoms with Crippen molar-refractivity contribution in [3.8, 4) is 0 Å². The normalized spacial score (nSPS) is 14.9. The van der Waals surface area contributed by atoms with Crippen LogP contribution in [0.1, 0.15) is 15.9 Å². The zero-order valence-electron chi connectivity index (χ0n) is 12.9. The van der Waals surface area contributed by atoms with Crippen LogP contribution in [0.2, 0.25) is 10.0 Å². The quantitative estimate of drug-likeness (QED) is 0.809. The predicted molar refractivity (Wildman–Crippen MR) is 95.8 cm³/mol. The number of carbonyl (C=O) groups is 1. The molecule has 0 radical (unpaired) electrons. The fraction of sp³-hybridized carbons (Fsp3) is 0.278. The first-order valence-electron chi connectivity index (χ1n) is 7.60. The fourth-order valence-corrected chi connectivity index (χ4v) is 3.23. The molecular formula is C18H18Cl2N2O. The number of carbonyl (C=O) groups excluding carboxylic acids is 1. The molecule has 0 saturated carbocycles. The van der Waals surface area contributed by atoms with Gasteiger partial charge in [-0.1, -0.05) is 35.3 Å². The maximum absolute atomic E-state index is 12.5. The number of aryl methyl sites for hydroxylation is 1. The third kappa shape index (κ3) is 3.62. The molecule has 0 N–H and O–H groups in total. The number of anilines is 1. The van der Waals surface area contributed by atoms with E-state index in [0.29, 0.717) is 23.7 Å². The number of nitrogens with zero attached hydrogens (tertiary/aromatic N) is 2. The van der Waals surface area contributed by atoms with Gasteiger partial charge in [0, 0.05) is 47.5 Å². The summed E-state index contributed by atoms with van der Waals surface area (Å²) >= 11 is 12.1. The lowest BCUT2D eigenvalue weighted by atomic mass is 10.1. The highest BCUT2D eigenvalue weighted by atomic mass is 35.5. The maximum atomic E-state index is 12.5. The zero-order chi connectivity index (χ0) is 16.4. The van der Waals surface area contributed by atoms with Gasteiger partial charge < -0.3 is 9.80 Å². The molecule has 1 heterocycles. The van der Waals surface area contributed by atoms with Gasteiger partial charge in [-0.3, -0.25) is 4.79 Å². The Hall–Kier alpha value is -1.71. The predicted octanol–water partition coefficient (Wildman–Crippen LogP) is 4.26. The minimum Gasteiger partial charge on any atom is -0.368 e. The molecule has 0 bridgehead atoms. The molecule has 3 nitrogen and oxygen atoms in total. The van der Waals surface area contributed by atoms with Crippen molar-refractivity contribution in [2.75, 3.05) is 31.1 Å². The van der Waals surface area contributed by atoms with Crippen LogP contribution in [0.5, 0.6) is 0 Å². The maximum Gasteiger partial charge on any atom is 0.254 e. The van der Waals surface area contributed by atoms with E-state index in [1.54, 1.807) is 18.2 Å². The lowest BCUT2D eigenvalue weighted by Gasteiger charge is -2.37. The summed E-state index contributed by atoms with van der Waals surface area (Å²) < 4.78 is 0. The molecule has 0 aromatic heterocycles. The van der Waals surface area contributed by atoms with E-state index < -0.39 is 0 Å². The van der Waals surface area contributed by atoms with Crippen molar-refractivity contribution in [2.24, 2.45) is 0 Å². The summed E-state index contributed by atoms with van der Waals surface area (Å²) in [5.74, 6) is 0.0370. The Kier molecular flexibility index (Phi) is 4.79. The van der Waals surface area contributed by atoms with Gasteiger partial charge in [-0.2, -0.15) is 0 Å². The molecule has 1 amide bonds. The molecule has 0 aliphatic carbocycles. The molecule has 1 aliphatic heterocycles. The number of amides is 1. The van der Waals surface area contributed by atoms with Crippen LogP contribution in [0.15, 0.2) is 42.5 Å². The van der Waals surface area contributed by atoms with Crippen molar-refractivity contribution < 1.29 is 4.79 Å². The smallest absolute Gasteiger partial charge is 0.254 e. The van der Waals surface area contributed by atoms with Crippen LogP contribution in [-0.2, 0) is 0 Å². The van der Waals surface area contributed by atoms with Crippen LogP contribution in [0.3, 0.4) is 0 Å². The second-order valence-electron chi connectivity index (χ2n) is 5.72. The standard InChI is InChI=1S/C18H18Cl2N2O/c1-13-5-6-16(20)12-17(13)21-7-9-22(10-8-21)18(23)14-3-2-4-15(19)11-14/h2-6,11-12H,7-10H2,1H3. The second-order valence-corrected chi connectivity index (χ2v) is 6.59. The fourth-order valence-electron chi connectivity index (χ4n) is 2.88. The van der Waals surface area contributed by atoms with Crippen LogP contribution in [-0.4, -0.2) is 37.0 Å². The Morgan fingerprint density at radius 1 is 0.957 bits per heavy atom. The molecule has 1 saturated heterocycles. The van der Waals surface area contributed by atoms with Crippen LogP contribution in [0.25, 0.3) is 0 Å². The van der Waals surface area contributed by atoms with E-state index in [0.717, 1.165) is 23.8 Å². The van der Waals surface area contributed by atoms with E-state index in [-0.39, 0.29) is 5.91 Å². The van der Waals surface area contributed by atoms with Gasteiger partial charge in [-0.15, -0.1) is 0 Å². The molecule has 1 aliphatic rings. The molecule has 0 spiro atoms. The molecule has 5 heteroatoms. The van der Waals surface area contributed by atoms with E-state index in [4.69, 9.17) is 23.2 Å². The first-order chi connectivity index (χ1) is 11.0. The third-order valence-corrected chi connectivity index (χ3v) is 4.62. The lowest BCUT2D eigenvalue weighted by molar-refractivity contribution is 0.0747. The summed E-state index contributed by atoms with van der Waals surface area (Å²) in [5.41, 5.74) is 2.99. The topological polar surface area (TPSA) is 23.6 Å². The molecule has 120 valence electrons. The van der Waals surface area contributed by atoms with E-state index in [2.05, 4.69) is 11.8 Å². The summed E-state index contributed by atoms with van der Waals surface area (Å²) in [6, 6.07) is 13.0. The summed E-state index contributed by atoms with van der Waals surface area (Å²) in [6.45, 7) is 5.06. The summed E-state index contributed by atoms with van der Waals surface area (Å²) in [7, 11) is 0. The minimum absolute atomic E-state index is 0.0370. The van der Waals surface area contributed by atoms with Crippen molar-refractivity contribution in [1.82, 2.24) is 4.90 Å². The first kappa shape index (κ1) is 16.2. The van der Waals surface area contributed by atoms with Crippen LogP contribution in [0, 0.1) is 6.92 Å². The molecule has 2 aromatic carbocycles. The average molecular weight is 349 g/mol. The van der Waals surface area contributed by atoms with Crippen LogP contribution >= 0.6 is 23.2 Å². The minimum atomic E-state index is 0.0370. The Bertz CT molecular complexity index is 725. The number of hydrogen-bond acceptors (Lipinski definition) is 2. The number of halogens is 2. The number of rotatable bonds is 2. The number of benzene rings is 2. The van der Waals surface area contributed by atoms with Crippen molar-refractivity contribution in [3.05, 3.63) is 63.6 Å². The lowest BCUT2D eigenvalue weighted by Crippen LogP contribution is -2.49. The molecule has 23 heavy (non-hydrogen) atoms. The average Bonchev–Trinajstić information content (AvgIpc) is 2.56. The molecule has 0 unspecified atom stereocenters. The Balaban J connectivity index is 1.69. The van der Waals surface area contributed by atoms with Gasteiger partial charge in [-0.25, -0.2) is 0 Å². The Morgan fingerprint density at radius 2 is 1.65 bits per heavy atom. The van der Waals surface area contributed by atoms with E-state index in [1.165, 1.54) is 5.56 Å². The van der Waals surface area contributed by atoms with Gasteiger partial charge in [0.05, 0.1) is 0 Å². The van der Waals surface area contributed by atoms with Gasteiger partial charge in [-0.05, 0) is 42.8 Å². The Morgan fingerprint density at radius 3 is 2.35 bits per heavy atom.